The van der Waals surface area contributed by atoms with E-state index in [4.69, 9.17) is 0 Å². The van der Waals surface area contributed by atoms with Gasteiger partial charge in [0.15, 0.2) is 0 Å². The zero-order chi connectivity index (χ0) is 25.9. The summed E-state index contributed by atoms with van der Waals surface area (Å²) in [6.45, 7) is 13.0. The number of piperidine rings is 1. The number of nitrogens with one attached hydrogen (secondary N) is 2. The topological polar surface area (TPSA) is 102 Å². The third-order valence-corrected chi connectivity index (χ3v) is 7.68. The van der Waals surface area contributed by atoms with Gasteiger partial charge in [-0.3, -0.25) is 19.2 Å². The molecule has 0 aromatic carbocycles. The molecule has 9 nitrogen and oxygen atoms in total. The fourth-order valence-electron chi connectivity index (χ4n) is 5.65. The highest BCUT2D eigenvalue weighted by Crippen LogP contribution is 2.31. The van der Waals surface area contributed by atoms with E-state index in [9.17, 15) is 19.2 Å². The lowest BCUT2D eigenvalue weighted by atomic mass is 9.80. The minimum atomic E-state index is -0.589. The number of likely N-dealkylation sites (tertiary alicyclic amines) is 2. The number of likely N-dealkylation sites (N-methyl/N-ethyl adjacent to an activating group) is 1. The maximum absolute atomic E-state index is 13.2. The van der Waals surface area contributed by atoms with Gasteiger partial charge in [-0.25, -0.2) is 0 Å². The van der Waals surface area contributed by atoms with Gasteiger partial charge in [0.1, 0.15) is 6.04 Å². The van der Waals surface area contributed by atoms with Crippen molar-refractivity contribution in [2.24, 2.45) is 17.3 Å². The second-order valence-corrected chi connectivity index (χ2v) is 12.2. The molecule has 0 saturated carbocycles. The number of rotatable bonds is 2. The number of fused-ring (bicyclic) bond motifs is 3. The van der Waals surface area contributed by atoms with Crippen molar-refractivity contribution in [1.82, 2.24) is 25.3 Å². The number of carbonyl (C=O) groups is 4. The molecule has 4 atom stereocenters. The minimum Gasteiger partial charge on any atom is -0.354 e. The van der Waals surface area contributed by atoms with Crippen molar-refractivity contribution in [3.8, 4) is 0 Å². The first kappa shape index (κ1) is 27.4. The molecule has 2 bridgehead atoms. The fraction of sp³-hybridized carbons (Fsp3) is 0.846. The van der Waals surface area contributed by atoms with Crippen molar-refractivity contribution in [2.45, 2.75) is 84.8 Å². The van der Waals surface area contributed by atoms with Crippen LogP contribution < -0.4 is 10.6 Å². The Morgan fingerprint density at radius 3 is 2.46 bits per heavy atom. The highest BCUT2D eigenvalue weighted by Gasteiger charge is 2.41. The van der Waals surface area contributed by atoms with Crippen LogP contribution in [0, 0.1) is 17.3 Å². The molecule has 9 heteroatoms. The summed E-state index contributed by atoms with van der Waals surface area (Å²) in [7, 11) is 1.68. The molecule has 3 aliphatic rings. The molecule has 2 N–H and O–H groups in total. The Kier molecular flexibility index (Phi) is 8.83. The van der Waals surface area contributed by atoms with Crippen molar-refractivity contribution < 1.29 is 19.2 Å². The highest BCUT2D eigenvalue weighted by atomic mass is 16.2. The summed E-state index contributed by atoms with van der Waals surface area (Å²) in [6, 6.07) is -0.464. The lowest BCUT2D eigenvalue weighted by Gasteiger charge is -2.41. The van der Waals surface area contributed by atoms with E-state index in [1.807, 2.05) is 20.8 Å². The largest absolute Gasteiger partial charge is 0.354 e. The van der Waals surface area contributed by atoms with Gasteiger partial charge in [0, 0.05) is 51.6 Å². The SMILES string of the molecule is CC(C)N1CC[C@H]2CC(=O)N(C)CC(=O)N[C@@H]3C[C@@H](C(=O)NCC[C@H]2C1)N(C(=O)CC(C)(C)C)C3. The molecule has 0 spiro atoms. The summed E-state index contributed by atoms with van der Waals surface area (Å²) in [5.41, 5.74) is -0.197. The van der Waals surface area contributed by atoms with E-state index in [1.165, 1.54) is 4.90 Å². The summed E-state index contributed by atoms with van der Waals surface area (Å²) in [5, 5.41) is 6.03. The Bertz CT molecular complexity index is 808. The maximum atomic E-state index is 13.2. The molecule has 0 aromatic heterocycles. The smallest absolute Gasteiger partial charge is 0.242 e. The van der Waals surface area contributed by atoms with E-state index in [0.29, 0.717) is 38.4 Å². The van der Waals surface area contributed by atoms with Gasteiger partial charge in [0.05, 0.1) is 6.54 Å². The Morgan fingerprint density at radius 2 is 1.80 bits per heavy atom. The van der Waals surface area contributed by atoms with Crippen molar-refractivity contribution in [2.75, 3.05) is 39.8 Å². The van der Waals surface area contributed by atoms with Gasteiger partial charge in [-0.15, -0.1) is 0 Å². The summed E-state index contributed by atoms with van der Waals surface area (Å²) in [6.07, 6.45) is 2.87. The first-order valence-electron chi connectivity index (χ1n) is 13.2. The van der Waals surface area contributed by atoms with Gasteiger partial charge in [0.2, 0.25) is 23.6 Å². The van der Waals surface area contributed by atoms with E-state index in [2.05, 4.69) is 29.4 Å². The third kappa shape index (κ3) is 7.41. The molecule has 0 aliphatic carbocycles. The van der Waals surface area contributed by atoms with Gasteiger partial charge >= 0.3 is 0 Å². The maximum Gasteiger partial charge on any atom is 0.242 e. The van der Waals surface area contributed by atoms with Crippen molar-refractivity contribution in [1.29, 1.82) is 0 Å². The van der Waals surface area contributed by atoms with Gasteiger partial charge in [-0.05, 0) is 56.9 Å². The predicted octanol–water partition coefficient (Wildman–Crippen LogP) is 1.22. The molecule has 0 radical (unpaired) electrons. The van der Waals surface area contributed by atoms with E-state index in [1.54, 1.807) is 11.9 Å². The van der Waals surface area contributed by atoms with Crippen LogP contribution in [0.5, 0.6) is 0 Å². The van der Waals surface area contributed by atoms with Crippen LogP contribution in [0.3, 0.4) is 0 Å². The van der Waals surface area contributed by atoms with Crippen LogP contribution in [0.4, 0.5) is 0 Å². The van der Waals surface area contributed by atoms with Gasteiger partial charge < -0.3 is 25.3 Å². The average Bonchev–Trinajstić information content (AvgIpc) is 3.16. The Balaban J connectivity index is 1.79. The number of carbonyl (C=O) groups excluding carboxylic acids is 4. The molecule has 3 rings (SSSR count). The van der Waals surface area contributed by atoms with Crippen LogP contribution in [-0.2, 0) is 19.2 Å². The summed E-state index contributed by atoms with van der Waals surface area (Å²) in [5.74, 6) is 0.0291. The second kappa shape index (κ2) is 11.3. The van der Waals surface area contributed by atoms with Crippen LogP contribution in [-0.4, -0.2) is 96.2 Å². The lowest BCUT2D eigenvalue weighted by molar-refractivity contribution is -0.140. The Morgan fingerprint density at radius 1 is 1.09 bits per heavy atom. The van der Waals surface area contributed by atoms with Crippen molar-refractivity contribution in [3.63, 3.8) is 0 Å². The highest BCUT2D eigenvalue weighted by molar-refractivity contribution is 5.89. The predicted molar refractivity (Wildman–Crippen MR) is 134 cm³/mol. The fourth-order valence-corrected chi connectivity index (χ4v) is 5.65. The third-order valence-electron chi connectivity index (χ3n) is 7.68. The molecular formula is C26H45N5O4. The van der Waals surface area contributed by atoms with Crippen molar-refractivity contribution >= 4 is 23.6 Å². The van der Waals surface area contributed by atoms with Crippen LogP contribution in [0.25, 0.3) is 0 Å². The number of nitrogens with zero attached hydrogens (tertiary/aromatic N) is 3. The van der Waals surface area contributed by atoms with E-state index in [0.717, 1.165) is 25.9 Å². The van der Waals surface area contributed by atoms with Gasteiger partial charge in [0.25, 0.3) is 0 Å². The zero-order valence-electron chi connectivity index (χ0n) is 22.4. The molecule has 35 heavy (non-hydrogen) atoms. The Hall–Kier alpha value is -2.16. The molecule has 3 heterocycles. The van der Waals surface area contributed by atoms with E-state index in [-0.39, 0.29) is 53.5 Å². The van der Waals surface area contributed by atoms with Gasteiger partial charge in [-0.1, -0.05) is 20.8 Å². The molecule has 0 unspecified atom stereocenters. The summed E-state index contributed by atoms with van der Waals surface area (Å²) >= 11 is 0. The van der Waals surface area contributed by atoms with Gasteiger partial charge in [-0.2, -0.15) is 0 Å². The molecule has 4 amide bonds. The molecule has 3 saturated heterocycles. The minimum absolute atomic E-state index is 0.0154. The van der Waals surface area contributed by atoms with E-state index >= 15 is 0 Å². The molecule has 0 aromatic rings. The molecular weight excluding hydrogens is 446 g/mol. The zero-order valence-corrected chi connectivity index (χ0v) is 22.4. The first-order chi connectivity index (χ1) is 16.3. The number of amides is 4. The van der Waals surface area contributed by atoms with Crippen LogP contribution in [0.2, 0.25) is 0 Å². The summed E-state index contributed by atoms with van der Waals surface area (Å²) < 4.78 is 0. The average molecular weight is 492 g/mol. The number of hydrogen-bond donors (Lipinski definition) is 2. The van der Waals surface area contributed by atoms with Crippen LogP contribution in [0.15, 0.2) is 0 Å². The molecule has 198 valence electrons. The standard InChI is InChI=1S/C26H45N5O4/c1-17(2)30-10-8-18-11-23(33)29(6)16-22(32)28-20-12-21(25(35)27-9-7-19(18)14-30)31(15-20)24(34)13-26(3,4)5/h17-21H,7-16H2,1-6H3,(H,27,35)(H,28,32)/t18-,19-,20+,21-/m0/s1. The first-order valence-corrected chi connectivity index (χ1v) is 13.2. The normalized spacial score (nSPS) is 29.9. The molecule has 3 aliphatic heterocycles. The lowest BCUT2D eigenvalue weighted by Crippen LogP contribution is -2.49. The van der Waals surface area contributed by atoms with Crippen molar-refractivity contribution in [3.05, 3.63) is 0 Å². The monoisotopic (exact) mass is 491 g/mol. The molecule has 3 fully saturated rings. The van der Waals surface area contributed by atoms with Crippen LogP contribution in [0.1, 0.15) is 66.7 Å². The van der Waals surface area contributed by atoms with Crippen LogP contribution >= 0.6 is 0 Å². The Labute approximate surface area is 210 Å². The second-order valence-electron chi connectivity index (χ2n) is 12.2. The quantitative estimate of drug-likeness (QED) is 0.605. The number of hydrogen-bond acceptors (Lipinski definition) is 5. The summed E-state index contributed by atoms with van der Waals surface area (Å²) in [4.78, 5) is 57.6. The van der Waals surface area contributed by atoms with E-state index < -0.39 is 6.04 Å².